The van der Waals surface area contributed by atoms with Crippen LogP contribution in [0.15, 0.2) is 34.9 Å². The van der Waals surface area contributed by atoms with Crippen LogP contribution in [0.5, 0.6) is 0 Å². The molecule has 0 unspecified atom stereocenters. The normalized spacial score (nSPS) is 21.1. The fraction of sp³-hybridized carbons (Fsp3) is 0.500. The Bertz CT molecular complexity index is 658. The van der Waals surface area contributed by atoms with E-state index < -0.39 is 0 Å². The molecule has 0 aliphatic carbocycles. The van der Waals surface area contributed by atoms with Crippen LogP contribution in [0.3, 0.4) is 0 Å². The lowest BCUT2D eigenvalue weighted by Gasteiger charge is -2.33. The summed E-state index contributed by atoms with van der Waals surface area (Å²) in [5, 5.41) is 3.49. The number of H-pyrrole nitrogens is 1. The number of nitrogens with one attached hydrogen (secondary N) is 2. The summed E-state index contributed by atoms with van der Waals surface area (Å²) in [7, 11) is 0. The first-order valence-corrected chi connectivity index (χ1v) is 9.25. The van der Waals surface area contributed by atoms with Crippen LogP contribution in [0.25, 0.3) is 11.3 Å². The van der Waals surface area contributed by atoms with E-state index in [-0.39, 0.29) is 0 Å². The third-order valence-electron chi connectivity index (χ3n) is 5.34. The van der Waals surface area contributed by atoms with Gasteiger partial charge in [-0.2, -0.15) is 0 Å². The van der Waals surface area contributed by atoms with E-state index in [1.807, 2.05) is 6.20 Å². The molecule has 4 rings (SSSR count). The van der Waals surface area contributed by atoms with Crippen LogP contribution in [0.1, 0.15) is 25.1 Å². The Morgan fingerprint density at radius 1 is 1.13 bits per heavy atom. The quantitative estimate of drug-likeness (QED) is 0.864. The molecule has 4 nitrogen and oxygen atoms in total. The highest BCUT2D eigenvalue weighted by Gasteiger charge is 2.38. The first-order valence-electron chi connectivity index (χ1n) is 8.45. The molecule has 1 aromatic heterocycles. The van der Waals surface area contributed by atoms with Crippen LogP contribution < -0.4 is 5.32 Å². The molecule has 2 fully saturated rings. The molecule has 0 radical (unpaired) electrons. The summed E-state index contributed by atoms with van der Waals surface area (Å²) in [5.74, 6) is 1.08. The Labute approximate surface area is 145 Å². The van der Waals surface area contributed by atoms with Gasteiger partial charge < -0.3 is 10.3 Å². The predicted octanol–water partition coefficient (Wildman–Crippen LogP) is 3.41. The number of likely N-dealkylation sites (tertiary alicyclic amines) is 1. The summed E-state index contributed by atoms with van der Waals surface area (Å²) in [6, 6.07) is 8.36. The maximum Gasteiger partial charge on any atom is 0.120 e. The largest absolute Gasteiger partial charge is 0.341 e. The minimum Gasteiger partial charge on any atom is -0.341 e. The Hall–Kier alpha value is -1.17. The molecule has 1 aromatic carbocycles. The summed E-state index contributed by atoms with van der Waals surface area (Å²) in [6.45, 7) is 5.73. The molecule has 0 saturated carbocycles. The van der Waals surface area contributed by atoms with Crippen molar-refractivity contribution < 1.29 is 0 Å². The van der Waals surface area contributed by atoms with Gasteiger partial charge in [0.05, 0.1) is 18.4 Å². The second kappa shape index (κ2) is 6.38. The number of hydrogen-bond acceptors (Lipinski definition) is 3. The highest BCUT2D eigenvalue weighted by atomic mass is 79.9. The summed E-state index contributed by atoms with van der Waals surface area (Å²) < 4.78 is 1.10. The Morgan fingerprint density at radius 3 is 2.70 bits per heavy atom. The number of rotatable bonds is 3. The zero-order valence-corrected chi connectivity index (χ0v) is 14.9. The first kappa shape index (κ1) is 15.4. The molecule has 122 valence electrons. The summed E-state index contributed by atoms with van der Waals surface area (Å²) in [6.07, 6.45) is 5.95. The van der Waals surface area contributed by atoms with Crippen LogP contribution in [0.4, 0.5) is 0 Å². The van der Waals surface area contributed by atoms with Crippen molar-refractivity contribution in [3.63, 3.8) is 0 Å². The maximum atomic E-state index is 4.59. The molecule has 0 bridgehead atoms. The number of aromatic nitrogens is 2. The van der Waals surface area contributed by atoms with Crippen molar-refractivity contribution in [1.82, 2.24) is 20.2 Å². The van der Waals surface area contributed by atoms with E-state index in [9.17, 15) is 0 Å². The van der Waals surface area contributed by atoms with E-state index in [2.05, 4.69) is 60.4 Å². The number of halogens is 1. The third-order valence-corrected chi connectivity index (χ3v) is 5.87. The highest BCUT2D eigenvalue weighted by Crippen LogP contribution is 2.38. The van der Waals surface area contributed by atoms with Gasteiger partial charge in [-0.1, -0.05) is 28.1 Å². The number of hydrogen-bond donors (Lipinski definition) is 2. The number of benzene rings is 1. The maximum absolute atomic E-state index is 4.59. The lowest BCUT2D eigenvalue weighted by atomic mass is 9.78. The topological polar surface area (TPSA) is 44.0 Å². The third kappa shape index (κ3) is 3.37. The van der Waals surface area contributed by atoms with E-state index in [0.29, 0.717) is 5.41 Å². The SMILES string of the molecule is Brc1ccc(-c2cnc(CN3CCC4(CCNCC4)C3)[nH]2)cc1. The van der Waals surface area contributed by atoms with Gasteiger partial charge in [-0.15, -0.1) is 0 Å². The molecule has 2 N–H and O–H groups in total. The van der Waals surface area contributed by atoms with Crippen molar-refractivity contribution in [2.45, 2.75) is 25.8 Å². The molecular weight excluding hydrogens is 352 g/mol. The first-order chi connectivity index (χ1) is 11.2. The molecule has 0 amide bonds. The van der Waals surface area contributed by atoms with Crippen molar-refractivity contribution in [3.8, 4) is 11.3 Å². The van der Waals surface area contributed by atoms with Crippen LogP contribution in [0, 0.1) is 5.41 Å². The summed E-state index contributed by atoms with van der Waals surface area (Å²) in [5.41, 5.74) is 2.85. The zero-order valence-electron chi connectivity index (χ0n) is 13.3. The fourth-order valence-corrected chi connectivity index (χ4v) is 4.22. The van der Waals surface area contributed by atoms with E-state index in [1.54, 1.807) is 0 Å². The van der Waals surface area contributed by atoms with E-state index in [0.717, 1.165) is 22.5 Å². The van der Waals surface area contributed by atoms with Gasteiger partial charge in [0.1, 0.15) is 5.82 Å². The van der Waals surface area contributed by atoms with E-state index in [1.165, 1.54) is 51.0 Å². The lowest BCUT2D eigenvalue weighted by molar-refractivity contribution is 0.192. The summed E-state index contributed by atoms with van der Waals surface area (Å²) >= 11 is 3.48. The van der Waals surface area contributed by atoms with E-state index >= 15 is 0 Å². The van der Waals surface area contributed by atoms with Crippen LogP contribution in [-0.2, 0) is 6.54 Å². The second-order valence-electron chi connectivity index (χ2n) is 6.96. The van der Waals surface area contributed by atoms with Gasteiger partial charge in [0.25, 0.3) is 0 Å². The van der Waals surface area contributed by atoms with Gasteiger partial charge >= 0.3 is 0 Å². The van der Waals surface area contributed by atoms with Gasteiger partial charge in [-0.3, -0.25) is 4.90 Å². The van der Waals surface area contributed by atoms with Crippen LogP contribution in [0.2, 0.25) is 0 Å². The summed E-state index contributed by atoms with van der Waals surface area (Å²) in [4.78, 5) is 10.6. The number of aromatic amines is 1. The number of piperidine rings is 1. The standard InChI is InChI=1S/C18H23BrN4/c19-15-3-1-14(2-4-15)16-11-21-17(22-16)12-23-10-7-18(13-23)5-8-20-9-6-18/h1-4,11,20H,5-10,12-13H2,(H,21,22). The molecule has 2 aliphatic rings. The van der Waals surface area contributed by atoms with Crippen molar-refractivity contribution >= 4 is 15.9 Å². The molecule has 2 saturated heterocycles. The Balaban J connectivity index is 1.41. The zero-order chi connectivity index (χ0) is 15.7. The molecule has 1 spiro atoms. The Kier molecular flexibility index (Phi) is 4.26. The van der Waals surface area contributed by atoms with E-state index in [4.69, 9.17) is 0 Å². The molecule has 23 heavy (non-hydrogen) atoms. The number of imidazole rings is 1. The molecular formula is C18H23BrN4. The molecule has 5 heteroatoms. The Morgan fingerprint density at radius 2 is 1.91 bits per heavy atom. The average Bonchev–Trinajstić information content (AvgIpc) is 3.17. The highest BCUT2D eigenvalue weighted by molar-refractivity contribution is 9.10. The molecule has 2 aromatic rings. The minimum absolute atomic E-state index is 0.562. The number of nitrogens with zero attached hydrogens (tertiary/aromatic N) is 2. The average molecular weight is 375 g/mol. The lowest BCUT2D eigenvalue weighted by Crippen LogP contribution is -2.38. The minimum atomic E-state index is 0.562. The fourth-order valence-electron chi connectivity index (χ4n) is 3.96. The second-order valence-corrected chi connectivity index (χ2v) is 7.88. The molecule has 3 heterocycles. The van der Waals surface area contributed by atoms with Crippen LogP contribution >= 0.6 is 15.9 Å². The molecule has 0 atom stereocenters. The monoisotopic (exact) mass is 374 g/mol. The van der Waals surface area contributed by atoms with Crippen molar-refractivity contribution in [3.05, 3.63) is 40.8 Å². The van der Waals surface area contributed by atoms with Crippen molar-refractivity contribution in [2.24, 2.45) is 5.41 Å². The van der Waals surface area contributed by atoms with Crippen LogP contribution in [-0.4, -0.2) is 41.0 Å². The van der Waals surface area contributed by atoms with Crippen molar-refractivity contribution in [2.75, 3.05) is 26.2 Å². The van der Waals surface area contributed by atoms with Gasteiger partial charge in [0.2, 0.25) is 0 Å². The van der Waals surface area contributed by atoms with Gasteiger partial charge in [-0.25, -0.2) is 4.98 Å². The van der Waals surface area contributed by atoms with Crippen molar-refractivity contribution in [1.29, 1.82) is 0 Å². The van der Waals surface area contributed by atoms with Gasteiger partial charge in [0, 0.05) is 11.0 Å². The van der Waals surface area contributed by atoms with Gasteiger partial charge in [-0.05, 0) is 62.0 Å². The molecule has 2 aliphatic heterocycles. The predicted molar refractivity (Wildman–Crippen MR) is 96.2 cm³/mol. The smallest absolute Gasteiger partial charge is 0.120 e. The van der Waals surface area contributed by atoms with Gasteiger partial charge in [0.15, 0.2) is 0 Å².